The molecule has 0 amide bonds. The second-order valence-electron chi connectivity index (χ2n) is 6.99. The van der Waals surface area contributed by atoms with Crippen molar-refractivity contribution in [1.29, 1.82) is 0 Å². The molecule has 0 aliphatic carbocycles. The van der Waals surface area contributed by atoms with Crippen LogP contribution < -0.4 is 19.0 Å². The van der Waals surface area contributed by atoms with Crippen LogP contribution in [-0.2, 0) is 0 Å². The predicted octanol–water partition coefficient (Wildman–Crippen LogP) is 4.74. The van der Waals surface area contributed by atoms with E-state index in [1.165, 1.54) is 5.56 Å². The van der Waals surface area contributed by atoms with Gasteiger partial charge in [-0.25, -0.2) is 4.68 Å². The van der Waals surface area contributed by atoms with Crippen LogP contribution in [0.15, 0.2) is 51.9 Å². The van der Waals surface area contributed by atoms with Gasteiger partial charge in [0, 0.05) is 29.1 Å². The van der Waals surface area contributed by atoms with Crippen LogP contribution >= 0.6 is 11.3 Å². The fourth-order valence-corrected chi connectivity index (χ4v) is 3.89. The van der Waals surface area contributed by atoms with E-state index >= 15 is 0 Å². The molecule has 3 rings (SSSR count). The number of thiazole rings is 1. The summed E-state index contributed by atoms with van der Waals surface area (Å²) < 4.78 is 18.3. The molecule has 0 bridgehead atoms. The number of benzene rings is 2. The highest BCUT2D eigenvalue weighted by Gasteiger charge is 2.13. The lowest BCUT2D eigenvalue weighted by Crippen LogP contribution is -2.14. The third-order valence-electron chi connectivity index (χ3n) is 4.46. The van der Waals surface area contributed by atoms with E-state index < -0.39 is 0 Å². The summed E-state index contributed by atoms with van der Waals surface area (Å²) in [6.45, 7) is 6.18. The second-order valence-corrected chi connectivity index (χ2v) is 7.83. The van der Waals surface area contributed by atoms with Crippen LogP contribution in [0.1, 0.15) is 25.0 Å². The Morgan fingerprint density at radius 1 is 0.967 bits per heavy atom. The molecule has 0 radical (unpaired) electrons. The van der Waals surface area contributed by atoms with Crippen molar-refractivity contribution in [3.05, 3.63) is 57.7 Å². The van der Waals surface area contributed by atoms with E-state index in [0.717, 1.165) is 21.6 Å². The summed E-state index contributed by atoms with van der Waals surface area (Å²) in [6, 6.07) is 12.1. The summed E-state index contributed by atoms with van der Waals surface area (Å²) in [6.07, 6.45) is 1.74. The minimum absolute atomic E-state index is 0.154. The molecule has 3 aromatic rings. The number of hydrogen-bond acceptors (Lipinski definition) is 6. The molecule has 0 saturated heterocycles. The molecule has 2 aromatic carbocycles. The summed E-state index contributed by atoms with van der Waals surface area (Å²) in [5, 5.41) is 6.84. The molecule has 6 nitrogen and oxygen atoms in total. The largest absolute Gasteiger partial charge is 0.496 e. The van der Waals surface area contributed by atoms with Gasteiger partial charge in [-0.05, 0) is 20.8 Å². The van der Waals surface area contributed by atoms with Crippen LogP contribution in [0.5, 0.6) is 17.2 Å². The Morgan fingerprint density at radius 3 is 2.13 bits per heavy atom. The Balaban J connectivity index is 2.15. The minimum Gasteiger partial charge on any atom is -0.496 e. The van der Waals surface area contributed by atoms with Gasteiger partial charge in [-0.3, -0.25) is 4.99 Å². The third kappa shape index (κ3) is 4.74. The van der Waals surface area contributed by atoms with Crippen LogP contribution in [0, 0.1) is 6.92 Å². The molecule has 0 aliphatic heterocycles. The van der Waals surface area contributed by atoms with Gasteiger partial charge in [0.05, 0.1) is 38.8 Å². The highest BCUT2D eigenvalue weighted by atomic mass is 32.1. The number of rotatable bonds is 7. The standard InChI is InChI=1S/C23H27N3O3S/c1-15(2)25-23-26(20(14-30-23)17-9-7-16(3)8-10-17)24-13-19-21(28-5)11-18(27-4)12-22(19)29-6/h7-15H,1-6H3. The topological polar surface area (TPSA) is 57.3 Å². The molecule has 1 aromatic heterocycles. The first-order chi connectivity index (χ1) is 14.5. The van der Waals surface area contributed by atoms with Gasteiger partial charge in [-0.2, -0.15) is 5.10 Å². The monoisotopic (exact) mass is 425 g/mol. The molecule has 0 fully saturated rings. The molecule has 0 saturated carbocycles. The number of hydrogen-bond donors (Lipinski definition) is 0. The quantitative estimate of drug-likeness (QED) is 0.514. The Bertz CT molecular complexity index is 1070. The number of aryl methyl sites for hydroxylation is 1. The Labute approximate surface area is 181 Å². The zero-order valence-electron chi connectivity index (χ0n) is 18.2. The number of aromatic nitrogens is 1. The lowest BCUT2D eigenvalue weighted by Gasteiger charge is -2.12. The normalized spacial score (nSPS) is 12.0. The summed E-state index contributed by atoms with van der Waals surface area (Å²) in [5.41, 5.74) is 3.99. The third-order valence-corrected chi connectivity index (χ3v) is 5.29. The van der Waals surface area contributed by atoms with Gasteiger partial charge in [0.25, 0.3) is 0 Å². The molecule has 30 heavy (non-hydrogen) atoms. The zero-order chi connectivity index (χ0) is 21.7. The summed E-state index contributed by atoms with van der Waals surface area (Å²) in [4.78, 5) is 5.56. The van der Waals surface area contributed by atoms with Crippen LogP contribution in [-0.4, -0.2) is 38.3 Å². The maximum absolute atomic E-state index is 5.54. The molecule has 0 N–H and O–H groups in total. The van der Waals surface area contributed by atoms with Crippen molar-refractivity contribution in [2.45, 2.75) is 26.8 Å². The van der Waals surface area contributed by atoms with E-state index in [1.807, 2.05) is 16.8 Å². The van der Waals surface area contributed by atoms with Crippen LogP contribution in [0.2, 0.25) is 0 Å². The summed E-state index contributed by atoms with van der Waals surface area (Å²) >= 11 is 1.56. The highest BCUT2D eigenvalue weighted by Crippen LogP contribution is 2.33. The lowest BCUT2D eigenvalue weighted by atomic mass is 10.1. The molecule has 158 valence electrons. The van der Waals surface area contributed by atoms with E-state index in [-0.39, 0.29) is 6.04 Å². The SMILES string of the molecule is COc1cc(OC)c(C=Nn2c(-c3ccc(C)cc3)csc2=NC(C)C)c(OC)c1. The van der Waals surface area contributed by atoms with Crippen molar-refractivity contribution < 1.29 is 14.2 Å². The molecule has 7 heteroatoms. The van der Waals surface area contributed by atoms with Gasteiger partial charge in [-0.1, -0.05) is 29.8 Å². The molecular weight excluding hydrogens is 398 g/mol. The van der Waals surface area contributed by atoms with Crippen molar-refractivity contribution >= 4 is 17.6 Å². The van der Waals surface area contributed by atoms with Crippen molar-refractivity contribution in [3.8, 4) is 28.5 Å². The van der Waals surface area contributed by atoms with Gasteiger partial charge in [0.1, 0.15) is 17.2 Å². The van der Waals surface area contributed by atoms with Crippen LogP contribution in [0.4, 0.5) is 0 Å². The smallest absolute Gasteiger partial charge is 0.206 e. The lowest BCUT2D eigenvalue weighted by molar-refractivity contribution is 0.374. The Kier molecular flexibility index (Phi) is 6.95. The zero-order valence-corrected chi connectivity index (χ0v) is 19.0. The van der Waals surface area contributed by atoms with Crippen molar-refractivity contribution in [2.24, 2.45) is 10.1 Å². The molecule has 0 unspecified atom stereocenters. The van der Waals surface area contributed by atoms with Crippen molar-refractivity contribution in [3.63, 3.8) is 0 Å². The fourth-order valence-electron chi connectivity index (χ4n) is 2.92. The number of methoxy groups -OCH3 is 3. The summed E-state index contributed by atoms with van der Waals surface area (Å²) in [7, 11) is 4.83. The Hall–Kier alpha value is -3.06. The molecular formula is C23H27N3O3S. The highest BCUT2D eigenvalue weighted by molar-refractivity contribution is 7.07. The summed E-state index contributed by atoms with van der Waals surface area (Å²) in [5.74, 6) is 1.88. The van der Waals surface area contributed by atoms with Crippen LogP contribution in [0.3, 0.4) is 0 Å². The van der Waals surface area contributed by atoms with E-state index in [0.29, 0.717) is 17.2 Å². The molecule has 0 aliphatic rings. The van der Waals surface area contributed by atoms with Crippen molar-refractivity contribution in [1.82, 2.24) is 4.68 Å². The van der Waals surface area contributed by atoms with Crippen molar-refractivity contribution in [2.75, 3.05) is 21.3 Å². The molecule has 0 atom stereocenters. The average Bonchev–Trinajstić information content (AvgIpc) is 3.13. The fraction of sp³-hybridized carbons (Fsp3) is 0.304. The second kappa shape index (κ2) is 9.63. The Morgan fingerprint density at radius 2 is 1.60 bits per heavy atom. The first-order valence-corrected chi connectivity index (χ1v) is 10.5. The first kappa shape index (κ1) is 21.6. The van der Waals surface area contributed by atoms with Gasteiger partial charge in [0.15, 0.2) is 0 Å². The number of ether oxygens (including phenoxy) is 3. The van der Waals surface area contributed by atoms with E-state index in [9.17, 15) is 0 Å². The van der Waals surface area contributed by atoms with Gasteiger partial charge in [0.2, 0.25) is 4.80 Å². The first-order valence-electron chi connectivity index (χ1n) is 9.62. The minimum atomic E-state index is 0.154. The van der Waals surface area contributed by atoms with Gasteiger partial charge < -0.3 is 14.2 Å². The molecule has 1 heterocycles. The number of nitrogens with zero attached hydrogens (tertiary/aromatic N) is 3. The maximum atomic E-state index is 5.54. The van der Waals surface area contributed by atoms with Crippen LogP contribution in [0.25, 0.3) is 11.3 Å². The van der Waals surface area contributed by atoms with Gasteiger partial charge >= 0.3 is 0 Å². The predicted molar refractivity (Wildman–Crippen MR) is 122 cm³/mol. The van der Waals surface area contributed by atoms with E-state index in [2.05, 4.69) is 50.4 Å². The van der Waals surface area contributed by atoms with Gasteiger partial charge in [-0.15, -0.1) is 11.3 Å². The van der Waals surface area contributed by atoms with E-state index in [4.69, 9.17) is 24.3 Å². The molecule has 0 spiro atoms. The van der Waals surface area contributed by atoms with E-state index in [1.54, 1.807) is 38.9 Å². The average molecular weight is 426 g/mol. The maximum Gasteiger partial charge on any atom is 0.206 e.